The van der Waals surface area contributed by atoms with E-state index in [4.69, 9.17) is 9.47 Å². The van der Waals surface area contributed by atoms with E-state index in [2.05, 4.69) is 22.2 Å². The SMILES string of the molecule is COc1ccc(C(CCc2ccccc2)NC[C@@H](O)Cc2ccc(O)c(NS(C)(=O)=O)c2)cc1OC. The van der Waals surface area contributed by atoms with Crippen molar-refractivity contribution in [2.24, 2.45) is 0 Å². The minimum atomic E-state index is -3.54. The Labute approximate surface area is 213 Å². The molecule has 0 fully saturated rings. The highest BCUT2D eigenvalue weighted by Crippen LogP contribution is 2.31. The molecule has 0 aliphatic heterocycles. The number of aryl methyl sites for hydroxylation is 1. The van der Waals surface area contributed by atoms with E-state index in [1.165, 1.54) is 17.7 Å². The quantitative estimate of drug-likeness (QED) is 0.257. The van der Waals surface area contributed by atoms with Crippen LogP contribution in [0.3, 0.4) is 0 Å². The van der Waals surface area contributed by atoms with E-state index in [0.29, 0.717) is 23.6 Å². The first-order chi connectivity index (χ1) is 17.2. The number of phenols is 1. The molecule has 0 aliphatic rings. The summed E-state index contributed by atoms with van der Waals surface area (Å²) in [7, 11) is -0.345. The Morgan fingerprint density at radius 2 is 1.64 bits per heavy atom. The monoisotopic (exact) mass is 514 g/mol. The second-order valence-corrected chi connectivity index (χ2v) is 10.4. The summed E-state index contributed by atoms with van der Waals surface area (Å²) in [4.78, 5) is 0. The average Bonchev–Trinajstić information content (AvgIpc) is 2.85. The van der Waals surface area contributed by atoms with Gasteiger partial charge in [0.2, 0.25) is 10.0 Å². The molecular weight excluding hydrogens is 480 g/mol. The number of aromatic hydroxyl groups is 1. The van der Waals surface area contributed by atoms with Crippen LogP contribution in [-0.2, 0) is 22.9 Å². The number of phenolic OH excluding ortho intramolecular Hbond substituents is 1. The van der Waals surface area contributed by atoms with Crippen LogP contribution in [0.4, 0.5) is 5.69 Å². The van der Waals surface area contributed by atoms with Gasteiger partial charge in [-0.25, -0.2) is 8.42 Å². The van der Waals surface area contributed by atoms with Crippen LogP contribution in [-0.4, -0.2) is 51.8 Å². The molecule has 0 saturated heterocycles. The first-order valence-electron chi connectivity index (χ1n) is 11.7. The second kappa shape index (κ2) is 12.6. The van der Waals surface area contributed by atoms with Gasteiger partial charge in [0.25, 0.3) is 0 Å². The minimum Gasteiger partial charge on any atom is -0.506 e. The number of methoxy groups -OCH3 is 2. The van der Waals surface area contributed by atoms with E-state index in [1.807, 2.05) is 36.4 Å². The third-order valence-corrected chi connectivity index (χ3v) is 6.39. The molecule has 0 aliphatic carbocycles. The maximum atomic E-state index is 11.6. The Bertz CT molecular complexity index is 1230. The lowest BCUT2D eigenvalue weighted by atomic mass is 9.98. The van der Waals surface area contributed by atoms with Gasteiger partial charge in [0.05, 0.1) is 32.3 Å². The fraction of sp³-hybridized carbons (Fsp3) is 0.333. The average molecular weight is 515 g/mol. The molecule has 0 aromatic heterocycles. The number of hydrogen-bond donors (Lipinski definition) is 4. The number of anilines is 1. The molecule has 2 atom stereocenters. The van der Waals surface area contributed by atoms with Gasteiger partial charge in [0.1, 0.15) is 5.75 Å². The van der Waals surface area contributed by atoms with E-state index in [9.17, 15) is 18.6 Å². The number of aliphatic hydroxyl groups is 1. The molecule has 36 heavy (non-hydrogen) atoms. The summed E-state index contributed by atoms with van der Waals surface area (Å²) < 4.78 is 36.2. The number of aliphatic hydroxyl groups excluding tert-OH is 1. The first kappa shape index (κ1) is 27.3. The molecule has 4 N–H and O–H groups in total. The highest BCUT2D eigenvalue weighted by Gasteiger charge is 2.17. The van der Waals surface area contributed by atoms with Gasteiger partial charge in [-0.3, -0.25) is 4.72 Å². The zero-order chi connectivity index (χ0) is 26.1. The molecule has 0 spiro atoms. The van der Waals surface area contributed by atoms with Crippen molar-refractivity contribution < 1.29 is 28.1 Å². The Hall–Kier alpha value is -3.27. The third kappa shape index (κ3) is 8.15. The molecule has 0 saturated carbocycles. The van der Waals surface area contributed by atoms with Crippen molar-refractivity contribution >= 4 is 15.7 Å². The van der Waals surface area contributed by atoms with Crippen molar-refractivity contribution in [3.05, 3.63) is 83.4 Å². The number of hydrogen-bond acceptors (Lipinski definition) is 7. The van der Waals surface area contributed by atoms with E-state index in [1.54, 1.807) is 20.3 Å². The summed E-state index contributed by atoms with van der Waals surface area (Å²) >= 11 is 0. The molecule has 0 heterocycles. The Kier molecular flexibility index (Phi) is 9.58. The fourth-order valence-electron chi connectivity index (χ4n) is 4.03. The predicted molar refractivity (Wildman–Crippen MR) is 141 cm³/mol. The number of rotatable bonds is 13. The maximum Gasteiger partial charge on any atom is 0.229 e. The normalized spacial score (nSPS) is 13.1. The Morgan fingerprint density at radius 3 is 2.31 bits per heavy atom. The summed E-state index contributed by atoms with van der Waals surface area (Å²) in [6, 6.07) is 20.5. The van der Waals surface area contributed by atoms with Gasteiger partial charge in [-0.05, 0) is 60.2 Å². The van der Waals surface area contributed by atoms with Gasteiger partial charge in [-0.2, -0.15) is 0 Å². The summed E-state index contributed by atoms with van der Waals surface area (Å²) in [6.07, 6.45) is 2.21. The van der Waals surface area contributed by atoms with Crippen molar-refractivity contribution in [3.63, 3.8) is 0 Å². The van der Waals surface area contributed by atoms with Gasteiger partial charge in [0.15, 0.2) is 11.5 Å². The van der Waals surface area contributed by atoms with Gasteiger partial charge in [-0.15, -0.1) is 0 Å². The molecule has 0 radical (unpaired) electrons. The summed E-state index contributed by atoms with van der Waals surface area (Å²) in [6.45, 7) is 0.309. The van der Waals surface area contributed by atoms with Crippen molar-refractivity contribution in [2.75, 3.05) is 31.7 Å². The van der Waals surface area contributed by atoms with Crippen LogP contribution in [0.15, 0.2) is 66.7 Å². The third-order valence-electron chi connectivity index (χ3n) is 5.80. The second-order valence-electron chi connectivity index (χ2n) is 8.68. The number of ether oxygens (including phenoxy) is 2. The van der Waals surface area contributed by atoms with E-state index >= 15 is 0 Å². The van der Waals surface area contributed by atoms with Crippen LogP contribution in [0.25, 0.3) is 0 Å². The number of benzene rings is 3. The number of nitrogens with one attached hydrogen (secondary N) is 2. The molecule has 3 rings (SSSR count). The largest absolute Gasteiger partial charge is 0.506 e. The van der Waals surface area contributed by atoms with Crippen molar-refractivity contribution in [1.82, 2.24) is 5.32 Å². The summed E-state index contributed by atoms with van der Waals surface area (Å²) in [5.74, 6) is 1.11. The zero-order valence-corrected chi connectivity index (χ0v) is 21.6. The highest BCUT2D eigenvalue weighted by molar-refractivity contribution is 7.92. The molecule has 3 aromatic rings. The maximum absolute atomic E-state index is 11.6. The molecular formula is C27H34N2O6S. The summed E-state index contributed by atoms with van der Waals surface area (Å²) in [5.41, 5.74) is 3.02. The minimum absolute atomic E-state index is 0.0538. The molecule has 194 valence electrons. The van der Waals surface area contributed by atoms with Gasteiger partial charge in [0, 0.05) is 12.6 Å². The Balaban J connectivity index is 1.71. The van der Waals surface area contributed by atoms with Crippen molar-refractivity contribution in [3.8, 4) is 17.2 Å². The van der Waals surface area contributed by atoms with Crippen LogP contribution in [0.1, 0.15) is 29.2 Å². The van der Waals surface area contributed by atoms with Crippen LogP contribution in [0, 0.1) is 0 Å². The van der Waals surface area contributed by atoms with E-state index < -0.39 is 16.1 Å². The lowest BCUT2D eigenvalue weighted by molar-refractivity contribution is 0.166. The standard InChI is InChI=1S/C27H34N2O6S/c1-34-26-14-11-21(17-27(26)35-2)23(12-9-19-7-5-4-6-8-19)28-18-22(30)15-20-10-13-25(31)24(16-20)29-36(3,32)33/h4-8,10-11,13-14,16-17,22-23,28-31H,9,12,15,18H2,1-3H3/t22-,23?/m0/s1. The lowest BCUT2D eigenvalue weighted by Crippen LogP contribution is -2.32. The zero-order valence-electron chi connectivity index (χ0n) is 20.8. The highest BCUT2D eigenvalue weighted by atomic mass is 32.2. The molecule has 1 unspecified atom stereocenters. The molecule has 0 bridgehead atoms. The van der Waals surface area contributed by atoms with Crippen molar-refractivity contribution in [2.45, 2.75) is 31.4 Å². The first-order valence-corrected chi connectivity index (χ1v) is 13.5. The summed E-state index contributed by atoms with van der Waals surface area (Å²) in [5, 5.41) is 24.2. The predicted octanol–water partition coefficient (Wildman–Crippen LogP) is 3.65. The van der Waals surface area contributed by atoms with Crippen LogP contribution < -0.4 is 19.5 Å². The topological polar surface area (TPSA) is 117 Å². The van der Waals surface area contributed by atoms with Gasteiger partial charge < -0.3 is 25.0 Å². The molecule has 0 amide bonds. The smallest absolute Gasteiger partial charge is 0.229 e. The Morgan fingerprint density at radius 1 is 0.917 bits per heavy atom. The molecule has 3 aromatic carbocycles. The van der Waals surface area contributed by atoms with E-state index in [-0.39, 0.29) is 23.9 Å². The van der Waals surface area contributed by atoms with Crippen molar-refractivity contribution in [1.29, 1.82) is 0 Å². The molecule has 8 nitrogen and oxygen atoms in total. The lowest BCUT2D eigenvalue weighted by Gasteiger charge is -2.23. The van der Waals surface area contributed by atoms with Gasteiger partial charge >= 0.3 is 0 Å². The number of sulfonamides is 1. The van der Waals surface area contributed by atoms with E-state index in [0.717, 1.165) is 24.7 Å². The molecule has 9 heteroatoms. The van der Waals surface area contributed by atoms with Crippen LogP contribution >= 0.6 is 0 Å². The fourth-order valence-corrected chi connectivity index (χ4v) is 4.59. The van der Waals surface area contributed by atoms with Crippen LogP contribution in [0.5, 0.6) is 17.2 Å². The van der Waals surface area contributed by atoms with Gasteiger partial charge in [-0.1, -0.05) is 42.5 Å². The van der Waals surface area contributed by atoms with Crippen LogP contribution in [0.2, 0.25) is 0 Å².